The van der Waals surface area contributed by atoms with E-state index in [-0.39, 0.29) is 12.3 Å². The van der Waals surface area contributed by atoms with Crippen LogP contribution in [0, 0.1) is 0 Å². The fourth-order valence-electron chi connectivity index (χ4n) is 3.44. The first-order valence-corrected chi connectivity index (χ1v) is 7.91. The summed E-state index contributed by atoms with van der Waals surface area (Å²) in [5.41, 5.74) is 9.11. The number of carbonyl (C=O) groups is 3. The number of fused-ring (bicyclic) bond motifs is 3. The zero-order chi connectivity index (χ0) is 16.8. The predicted octanol–water partition coefficient (Wildman–Crippen LogP) is 1.11. The van der Waals surface area contributed by atoms with E-state index in [2.05, 4.69) is 11.0 Å². The van der Waals surface area contributed by atoms with Crippen molar-refractivity contribution in [2.45, 2.75) is 25.4 Å². The molecule has 1 atom stereocenters. The average Bonchev–Trinajstić information content (AvgIpc) is 2.96. The first-order chi connectivity index (χ1) is 11.5. The van der Waals surface area contributed by atoms with Crippen LogP contribution in [0.4, 0.5) is 16.2 Å². The first kappa shape index (κ1) is 14.7. The zero-order valence-electron chi connectivity index (χ0n) is 13.0. The Labute approximate surface area is 138 Å². The Morgan fingerprint density at radius 1 is 1.25 bits per heavy atom. The molecule has 7 heteroatoms. The highest BCUT2D eigenvalue weighted by Crippen LogP contribution is 2.36. The van der Waals surface area contributed by atoms with E-state index in [0.29, 0.717) is 31.5 Å². The van der Waals surface area contributed by atoms with Crippen molar-refractivity contribution in [1.29, 1.82) is 0 Å². The molecule has 0 bridgehead atoms. The molecule has 0 saturated carbocycles. The summed E-state index contributed by atoms with van der Waals surface area (Å²) >= 11 is 0. The number of cyclic esters (lactones) is 1. The van der Waals surface area contributed by atoms with Gasteiger partial charge in [-0.25, -0.2) is 4.79 Å². The summed E-state index contributed by atoms with van der Waals surface area (Å²) in [6, 6.07) is 5.73. The van der Waals surface area contributed by atoms with E-state index in [1.165, 1.54) is 4.90 Å². The molecule has 1 aromatic carbocycles. The molecule has 4 rings (SSSR count). The quantitative estimate of drug-likeness (QED) is 0.878. The Hall–Kier alpha value is -2.83. The van der Waals surface area contributed by atoms with Gasteiger partial charge in [0, 0.05) is 36.5 Å². The number of hydrogen-bond acceptors (Lipinski definition) is 5. The van der Waals surface area contributed by atoms with E-state index in [1.54, 1.807) is 0 Å². The van der Waals surface area contributed by atoms with Crippen LogP contribution in [0.1, 0.15) is 18.4 Å². The highest BCUT2D eigenvalue weighted by Gasteiger charge is 2.36. The van der Waals surface area contributed by atoms with E-state index < -0.39 is 18.1 Å². The third kappa shape index (κ3) is 2.33. The Morgan fingerprint density at radius 3 is 2.83 bits per heavy atom. The molecular weight excluding hydrogens is 310 g/mol. The molecule has 124 valence electrons. The summed E-state index contributed by atoms with van der Waals surface area (Å²) in [6.45, 7) is 0.818. The minimum absolute atomic E-state index is 0.131. The third-order valence-electron chi connectivity index (χ3n) is 4.69. The molecule has 2 fully saturated rings. The number of ether oxygens (including phenoxy) is 1. The summed E-state index contributed by atoms with van der Waals surface area (Å²) in [4.78, 5) is 38.4. The first-order valence-electron chi connectivity index (χ1n) is 7.91. The largest absolute Gasteiger partial charge is 0.434 e. The molecule has 24 heavy (non-hydrogen) atoms. The Bertz CT molecular complexity index is 786. The molecule has 2 N–H and O–H groups in total. The topological polar surface area (TPSA) is 92.9 Å². The van der Waals surface area contributed by atoms with Crippen LogP contribution in [0.25, 0.3) is 0 Å². The van der Waals surface area contributed by atoms with Gasteiger partial charge in [0.05, 0.1) is 6.54 Å². The third-order valence-corrected chi connectivity index (χ3v) is 4.69. The Morgan fingerprint density at radius 2 is 2.08 bits per heavy atom. The summed E-state index contributed by atoms with van der Waals surface area (Å²) in [6.07, 6.45) is 2.35. The van der Waals surface area contributed by atoms with Crippen LogP contribution in [0.5, 0.6) is 0 Å². The van der Waals surface area contributed by atoms with Crippen LogP contribution in [-0.2, 0) is 20.7 Å². The van der Waals surface area contributed by atoms with Gasteiger partial charge in [-0.15, -0.1) is 0 Å². The number of ketones is 1. The molecule has 3 aliphatic rings. The van der Waals surface area contributed by atoms with Crippen LogP contribution >= 0.6 is 0 Å². The van der Waals surface area contributed by atoms with Gasteiger partial charge in [-0.3, -0.25) is 14.5 Å². The number of carbonyl (C=O) groups excluding carboxylic acids is 3. The average molecular weight is 327 g/mol. The van der Waals surface area contributed by atoms with Gasteiger partial charge in [0.25, 0.3) is 5.91 Å². The highest BCUT2D eigenvalue weighted by molar-refractivity contribution is 5.95. The Balaban J connectivity index is 1.62. The lowest BCUT2D eigenvalue weighted by Crippen LogP contribution is -2.35. The lowest BCUT2D eigenvalue weighted by molar-refractivity contribution is -0.124. The number of amides is 2. The molecule has 0 aromatic heterocycles. The van der Waals surface area contributed by atoms with Crippen LogP contribution in [0.2, 0.25) is 0 Å². The standard InChI is InChI=1S/C17H17N3O4/c18-16(22)15-9-20(17(23)24-15)11-3-4-14-10(7-11)1-2-12-8-13(21)5-6-19(12)14/h2-4,7,15H,1,5-6,8-9H2,(H2,18,22)/t15-/m1/s1. The molecule has 0 radical (unpaired) electrons. The summed E-state index contributed by atoms with van der Waals surface area (Å²) in [5, 5.41) is 0. The van der Waals surface area contributed by atoms with E-state index in [1.807, 2.05) is 18.2 Å². The van der Waals surface area contributed by atoms with Gasteiger partial charge in [0.1, 0.15) is 5.78 Å². The maximum absolute atomic E-state index is 12.0. The maximum atomic E-state index is 12.0. The van der Waals surface area contributed by atoms with Crippen LogP contribution < -0.4 is 15.5 Å². The molecule has 7 nitrogen and oxygen atoms in total. The van der Waals surface area contributed by atoms with E-state index in [4.69, 9.17) is 10.5 Å². The van der Waals surface area contributed by atoms with Crippen molar-refractivity contribution >= 4 is 29.2 Å². The summed E-state index contributed by atoms with van der Waals surface area (Å²) in [5.74, 6) is -0.371. The van der Waals surface area contributed by atoms with Gasteiger partial charge in [0.15, 0.2) is 6.10 Å². The number of anilines is 2. The number of benzene rings is 1. The highest BCUT2D eigenvalue weighted by atomic mass is 16.6. The van der Waals surface area contributed by atoms with Gasteiger partial charge in [0.2, 0.25) is 0 Å². The maximum Gasteiger partial charge on any atom is 0.415 e. The van der Waals surface area contributed by atoms with Crippen molar-refractivity contribution in [3.8, 4) is 0 Å². The Kier molecular flexibility index (Phi) is 3.30. The number of hydrogen-bond donors (Lipinski definition) is 1. The molecule has 2 amide bonds. The second-order valence-corrected chi connectivity index (χ2v) is 6.22. The van der Waals surface area contributed by atoms with Crippen molar-refractivity contribution in [3.05, 3.63) is 35.5 Å². The molecule has 3 heterocycles. The molecule has 0 spiro atoms. The minimum atomic E-state index is -0.909. The van der Waals surface area contributed by atoms with Gasteiger partial charge in [-0.1, -0.05) is 6.08 Å². The summed E-state index contributed by atoms with van der Waals surface area (Å²) in [7, 11) is 0. The second kappa shape index (κ2) is 5.36. The van der Waals surface area contributed by atoms with Crippen LogP contribution in [0.15, 0.2) is 30.0 Å². The van der Waals surface area contributed by atoms with Crippen molar-refractivity contribution in [2.75, 3.05) is 22.9 Å². The number of primary amides is 1. The molecule has 3 aliphatic heterocycles. The number of piperidine rings is 1. The lowest BCUT2D eigenvalue weighted by atomic mass is 9.96. The van der Waals surface area contributed by atoms with Crippen molar-refractivity contribution in [3.63, 3.8) is 0 Å². The molecule has 0 unspecified atom stereocenters. The SMILES string of the molecule is NC(=O)[C@H]1CN(c2ccc3c(c2)CC=C2CC(=O)CCN23)C(=O)O1. The van der Waals surface area contributed by atoms with Crippen LogP contribution in [0.3, 0.4) is 0 Å². The molecule has 0 aliphatic carbocycles. The smallest absolute Gasteiger partial charge is 0.415 e. The minimum Gasteiger partial charge on any atom is -0.434 e. The monoisotopic (exact) mass is 327 g/mol. The predicted molar refractivity (Wildman–Crippen MR) is 86.6 cm³/mol. The lowest BCUT2D eigenvalue weighted by Gasteiger charge is -2.36. The molecule has 2 saturated heterocycles. The number of Topliss-reactive ketones (excluding diaryl/α,β-unsaturated/α-hetero) is 1. The zero-order valence-corrected chi connectivity index (χ0v) is 13.0. The van der Waals surface area contributed by atoms with E-state index >= 15 is 0 Å². The fraction of sp³-hybridized carbons (Fsp3) is 0.353. The number of nitrogens with two attached hydrogens (primary N) is 1. The van der Waals surface area contributed by atoms with Gasteiger partial charge >= 0.3 is 6.09 Å². The van der Waals surface area contributed by atoms with E-state index in [0.717, 1.165) is 16.9 Å². The fourth-order valence-corrected chi connectivity index (χ4v) is 3.44. The van der Waals surface area contributed by atoms with Gasteiger partial charge in [-0.2, -0.15) is 0 Å². The number of allylic oxidation sites excluding steroid dienone is 2. The second-order valence-electron chi connectivity index (χ2n) is 6.22. The number of rotatable bonds is 2. The van der Waals surface area contributed by atoms with Crippen molar-refractivity contribution < 1.29 is 19.1 Å². The molecular formula is C17H17N3O4. The van der Waals surface area contributed by atoms with Gasteiger partial charge < -0.3 is 15.4 Å². The normalized spacial score (nSPS) is 22.7. The van der Waals surface area contributed by atoms with Gasteiger partial charge in [-0.05, 0) is 30.2 Å². The van der Waals surface area contributed by atoms with Crippen molar-refractivity contribution in [2.24, 2.45) is 5.73 Å². The molecule has 1 aromatic rings. The van der Waals surface area contributed by atoms with Crippen molar-refractivity contribution in [1.82, 2.24) is 0 Å². The van der Waals surface area contributed by atoms with Crippen LogP contribution in [-0.4, -0.2) is 37.0 Å². The van der Waals surface area contributed by atoms with E-state index in [9.17, 15) is 14.4 Å². The number of nitrogens with zero attached hydrogens (tertiary/aromatic N) is 2. The summed E-state index contributed by atoms with van der Waals surface area (Å²) < 4.78 is 4.98.